The Kier molecular flexibility index (Phi) is 9.48. The van der Waals surface area contributed by atoms with E-state index in [1.165, 1.54) is 4.90 Å². The molecule has 0 spiro atoms. The van der Waals surface area contributed by atoms with Crippen LogP contribution in [0.2, 0.25) is 5.02 Å². The summed E-state index contributed by atoms with van der Waals surface area (Å²) in [6.07, 6.45) is 3.84. The smallest absolute Gasteiger partial charge is 0.264 e. The minimum absolute atomic E-state index is 0.0100. The Balaban J connectivity index is 1.69. The van der Waals surface area contributed by atoms with Gasteiger partial charge >= 0.3 is 0 Å². The van der Waals surface area contributed by atoms with Crippen molar-refractivity contribution < 1.29 is 22.4 Å². The number of carbonyl (C=O) groups excluding carboxylic acids is 2. The number of anilines is 1. The maximum atomic E-state index is 14.0. The number of nitrogens with zero attached hydrogens (tertiary/aromatic N) is 2. The van der Waals surface area contributed by atoms with E-state index in [0.29, 0.717) is 10.6 Å². The van der Waals surface area contributed by atoms with Gasteiger partial charge in [0.1, 0.15) is 18.4 Å². The average Bonchev–Trinajstić information content (AvgIpc) is 3.44. The lowest BCUT2D eigenvalue weighted by Crippen LogP contribution is -2.52. The van der Waals surface area contributed by atoms with Gasteiger partial charge in [-0.25, -0.2) is 12.8 Å². The summed E-state index contributed by atoms with van der Waals surface area (Å²) in [5.41, 5.74) is 1.80. The lowest BCUT2D eigenvalue weighted by molar-refractivity contribution is -0.139. The topological polar surface area (TPSA) is 86.8 Å². The molecule has 0 aromatic heterocycles. The van der Waals surface area contributed by atoms with Crippen LogP contribution in [-0.4, -0.2) is 43.8 Å². The van der Waals surface area contributed by atoms with Crippen molar-refractivity contribution >= 4 is 39.1 Å². The van der Waals surface area contributed by atoms with Crippen molar-refractivity contribution in [3.8, 4) is 0 Å². The van der Waals surface area contributed by atoms with Crippen LogP contribution in [0.5, 0.6) is 0 Å². The molecule has 0 aliphatic heterocycles. The minimum Gasteiger partial charge on any atom is -0.352 e. The second-order valence-corrected chi connectivity index (χ2v) is 12.3. The summed E-state index contributed by atoms with van der Waals surface area (Å²) < 4.78 is 42.1. The number of amides is 2. The molecule has 0 radical (unpaired) electrons. The second-order valence-electron chi connectivity index (χ2n) is 10.1. The molecule has 0 saturated heterocycles. The van der Waals surface area contributed by atoms with Gasteiger partial charge in [0.2, 0.25) is 11.8 Å². The highest BCUT2D eigenvalue weighted by atomic mass is 35.5. The summed E-state index contributed by atoms with van der Waals surface area (Å²) in [4.78, 5) is 28.4. The summed E-state index contributed by atoms with van der Waals surface area (Å²) in [6, 6.07) is 17.3. The van der Waals surface area contributed by atoms with Crippen LogP contribution < -0.4 is 9.62 Å². The van der Waals surface area contributed by atoms with Gasteiger partial charge in [0, 0.05) is 17.6 Å². The quantitative estimate of drug-likeness (QED) is 0.342. The first-order valence-corrected chi connectivity index (χ1v) is 15.1. The first-order valence-electron chi connectivity index (χ1n) is 13.2. The van der Waals surface area contributed by atoms with E-state index in [1.807, 2.05) is 6.92 Å². The van der Waals surface area contributed by atoms with Crippen molar-refractivity contribution in [2.45, 2.75) is 63.1 Å². The Morgan fingerprint density at radius 1 is 1.00 bits per heavy atom. The third kappa shape index (κ3) is 7.01. The molecular weight excluding hydrogens is 553 g/mol. The molecule has 10 heteroatoms. The fourth-order valence-corrected chi connectivity index (χ4v) is 6.37. The summed E-state index contributed by atoms with van der Waals surface area (Å²) >= 11 is 6.40. The number of aryl methyl sites for hydroxylation is 1. The SMILES string of the molecule is Cc1ccc(N(CC(=O)N(Cc2ccccc2Cl)[C@@H](C)C(=O)NC2CCCC2)S(=O)(=O)c2ccc(F)cc2)cc1. The van der Waals surface area contributed by atoms with E-state index in [1.54, 1.807) is 55.5 Å². The van der Waals surface area contributed by atoms with E-state index in [4.69, 9.17) is 11.6 Å². The Morgan fingerprint density at radius 2 is 1.62 bits per heavy atom. The molecule has 0 heterocycles. The molecule has 1 saturated carbocycles. The van der Waals surface area contributed by atoms with Gasteiger partial charge in [0.25, 0.3) is 10.0 Å². The zero-order valence-electron chi connectivity index (χ0n) is 22.5. The van der Waals surface area contributed by atoms with Crippen molar-refractivity contribution in [3.63, 3.8) is 0 Å². The number of nitrogens with one attached hydrogen (secondary N) is 1. The third-order valence-electron chi connectivity index (χ3n) is 7.17. The van der Waals surface area contributed by atoms with Gasteiger partial charge in [-0.1, -0.05) is 60.3 Å². The van der Waals surface area contributed by atoms with E-state index in [9.17, 15) is 22.4 Å². The highest BCUT2D eigenvalue weighted by molar-refractivity contribution is 7.92. The summed E-state index contributed by atoms with van der Waals surface area (Å²) in [5.74, 6) is -1.47. The van der Waals surface area contributed by atoms with E-state index in [-0.39, 0.29) is 29.1 Å². The number of sulfonamides is 1. The molecule has 3 aromatic carbocycles. The molecule has 7 nitrogen and oxygen atoms in total. The standard InChI is InChI=1S/C30H33ClFN3O4S/c1-21-11-15-26(16-12-21)35(40(38,39)27-17-13-24(32)14-18-27)20-29(36)34(19-23-7-3-6-10-28(23)31)22(2)30(37)33-25-8-4-5-9-25/h3,6-7,10-18,22,25H,4-5,8-9,19-20H2,1-2H3,(H,33,37)/t22-/m0/s1. The lowest BCUT2D eigenvalue weighted by Gasteiger charge is -2.32. The van der Waals surface area contributed by atoms with Crippen molar-refractivity contribution in [1.29, 1.82) is 0 Å². The molecule has 1 aliphatic rings. The molecule has 4 rings (SSSR count). The minimum atomic E-state index is -4.27. The monoisotopic (exact) mass is 585 g/mol. The van der Waals surface area contributed by atoms with Crippen LogP contribution in [0.1, 0.15) is 43.7 Å². The van der Waals surface area contributed by atoms with Gasteiger partial charge < -0.3 is 10.2 Å². The highest BCUT2D eigenvalue weighted by Crippen LogP contribution is 2.26. The maximum absolute atomic E-state index is 14.0. The molecule has 1 fully saturated rings. The molecule has 1 N–H and O–H groups in total. The summed E-state index contributed by atoms with van der Waals surface area (Å²) in [6.45, 7) is 2.93. The fraction of sp³-hybridized carbons (Fsp3) is 0.333. The number of hydrogen-bond donors (Lipinski definition) is 1. The summed E-state index contributed by atoms with van der Waals surface area (Å²) in [5, 5.41) is 3.46. The van der Waals surface area contributed by atoms with Crippen LogP contribution in [0, 0.1) is 12.7 Å². The fourth-order valence-electron chi connectivity index (χ4n) is 4.76. The number of benzene rings is 3. The second kappa shape index (κ2) is 12.8. The Labute approximate surface area is 240 Å². The van der Waals surface area contributed by atoms with E-state index in [2.05, 4.69) is 5.32 Å². The molecule has 3 aromatic rings. The molecule has 2 amide bonds. The van der Waals surface area contributed by atoms with E-state index >= 15 is 0 Å². The molecule has 1 atom stereocenters. The first-order chi connectivity index (χ1) is 19.1. The molecule has 0 unspecified atom stereocenters. The zero-order valence-corrected chi connectivity index (χ0v) is 24.1. The molecule has 40 heavy (non-hydrogen) atoms. The zero-order chi connectivity index (χ0) is 28.9. The van der Waals surface area contributed by atoms with Crippen LogP contribution in [0.3, 0.4) is 0 Å². The summed E-state index contributed by atoms with van der Waals surface area (Å²) in [7, 11) is -4.27. The van der Waals surface area contributed by atoms with Gasteiger partial charge in [-0.2, -0.15) is 0 Å². The van der Waals surface area contributed by atoms with Crippen LogP contribution in [0.4, 0.5) is 10.1 Å². The van der Waals surface area contributed by atoms with Crippen LogP contribution in [0.15, 0.2) is 77.7 Å². The molecular formula is C30H33ClFN3O4S. The number of rotatable bonds is 10. The van der Waals surface area contributed by atoms with Gasteiger partial charge in [-0.05, 0) is 74.7 Å². The van der Waals surface area contributed by atoms with Crippen molar-refractivity contribution in [2.24, 2.45) is 0 Å². The third-order valence-corrected chi connectivity index (χ3v) is 9.33. The van der Waals surface area contributed by atoms with Gasteiger partial charge in [0.05, 0.1) is 10.6 Å². The Bertz CT molecular complexity index is 1440. The van der Waals surface area contributed by atoms with Crippen LogP contribution in [0.25, 0.3) is 0 Å². The Hall–Kier alpha value is -3.43. The van der Waals surface area contributed by atoms with E-state index in [0.717, 1.165) is 59.8 Å². The number of hydrogen-bond acceptors (Lipinski definition) is 4. The van der Waals surface area contributed by atoms with Gasteiger partial charge in [0.15, 0.2) is 0 Å². The molecule has 1 aliphatic carbocycles. The predicted octanol–water partition coefficient (Wildman–Crippen LogP) is 5.46. The van der Waals surface area contributed by atoms with Crippen molar-refractivity contribution in [2.75, 3.05) is 10.8 Å². The van der Waals surface area contributed by atoms with Gasteiger partial charge in [-0.15, -0.1) is 0 Å². The molecule has 0 bridgehead atoms. The Morgan fingerprint density at radius 3 is 2.25 bits per heavy atom. The normalized spacial score (nSPS) is 14.5. The van der Waals surface area contributed by atoms with E-state index < -0.39 is 34.3 Å². The van der Waals surface area contributed by atoms with Crippen molar-refractivity contribution in [3.05, 3.63) is 94.8 Å². The number of halogens is 2. The van der Waals surface area contributed by atoms with Gasteiger partial charge in [-0.3, -0.25) is 13.9 Å². The first kappa shape index (κ1) is 29.6. The lowest BCUT2D eigenvalue weighted by atomic mass is 10.1. The largest absolute Gasteiger partial charge is 0.352 e. The maximum Gasteiger partial charge on any atom is 0.264 e. The number of carbonyl (C=O) groups is 2. The highest BCUT2D eigenvalue weighted by Gasteiger charge is 2.33. The van der Waals surface area contributed by atoms with Crippen LogP contribution in [-0.2, 0) is 26.2 Å². The predicted molar refractivity (Wildman–Crippen MR) is 154 cm³/mol. The van der Waals surface area contributed by atoms with Crippen molar-refractivity contribution in [1.82, 2.24) is 10.2 Å². The average molecular weight is 586 g/mol. The molecule has 212 valence electrons. The van der Waals surface area contributed by atoms with Crippen LogP contribution >= 0.6 is 11.6 Å².